The SMILES string of the molecule is CC(=O)N1CCc2cc(S(=O)(=O)NC[C@H](c3cccnc3)S(=O)(=O)c3ccccc3)ccc21. The maximum atomic E-state index is 13.3. The van der Waals surface area contributed by atoms with E-state index in [4.69, 9.17) is 0 Å². The van der Waals surface area contributed by atoms with Crippen molar-refractivity contribution in [3.05, 3.63) is 84.2 Å². The van der Waals surface area contributed by atoms with Crippen LogP contribution in [0.5, 0.6) is 0 Å². The molecule has 2 aromatic carbocycles. The van der Waals surface area contributed by atoms with Crippen LogP contribution in [0.1, 0.15) is 23.3 Å². The number of aromatic nitrogens is 1. The van der Waals surface area contributed by atoms with Crippen molar-refractivity contribution < 1.29 is 21.6 Å². The van der Waals surface area contributed by atoms with E-state index in [-0.39, 0.29) is 22.2 Å². The highest BCUT2D eigenvalue weighted by molar-refractivity contribution is 7.92. The lowest BCUT2D eigenvalue weighted by molar-refractivity contribution is -0.116. The van der Waals surface area contributed by atoms with Gasteiger partial charge in [0.25, 0.3) is 0 Å². The fourth-order valence-corrected chi connectivity index (χ4v) is 6.76. The zero-order valence-electron chi connectivity index (χ0n) is 17.9. The molecular formula is C23H23N3O5S2. The monoisotopic (exact) mass is 485 g/mol. The molecule has 1 N–H and O–H groups in total. The smallest absolute Gasteiger partial charge is 0.240 e. The lowest BCUT2D eigenvalue weighted by atomic mass is 10.2. The van der Waals surface area contributed by atoms with E-state index in [9.17, 15) is 21.6 Å². The molecule has 172 valence electrons. The van der Waals surface area contributed by atoms with Crippen molar-refractivity contribution in [1.82, 2.24) is 9.71 Å². The van der Waals surface area contributed by atoms with Gasteiger partial charge in [0, 0.05) is 38.1 Å². The van der Waals surface area contributed by atoms with Crippen LogP contribution >= 0.6 is 0 Å². The number of rotatable bonds is 7. The molecule has 0 unspecified atom stereocenters. The summed E-state index contributed by atoms with van der Waals surface area (Å²) in [4.78, 5) is 17.5. The number of anilines is 1. The Labute approximate surface area is 193 Å². The predicted octanol–water partition coefficient (Wildman–Crippen LogP) is 2.48. The normalized spacial score (nSPS) is 14.6. The van der Waals surface area contributed by atoms with Crippen LogP contribution in [0.15, 0.2) is 82.8 Å². The number of carbonyl (C=O) groups is 1. The van der Waals surface area contributed by atoms with Gasteiger partial charge in [-0.05, 0) is 53.9 Å². The van der Waals surface area contributed by atoms with E-state index >= 15 is 0 Å². The molecule has 1 aliphatic rings. The molecule has 0 spiro atoms. The van der Waals surface area contributed by atoms with E-state index in [0.717, 1.165) is 5.56 Å². The largest absolute Gasteiger partial charge is 0.312 e. The number of pyridine rings is 1. The second-order valence-corrected chi connectivity index (χ2v) is 11.6. The summed E-state index contributed by atoms with van der Waals surface area (Å²) in [6.45, 7) is 1.61. The first-order valence-corrected chi connectivity index (χ1v) is 13.3. The maximum Gasteiger partial charge on any atom is 0.240 e. The zero-order valence-corrected chi connectivity index (χ0v) is 19.5. The van der Waals surface area contributed by atoms with Gasteiger partial charge in [-0.3, -0.25) is 9.78 Å². The number of amides is 1. The fourth-order valence-electron chi connectivity index (χ4n) is 3.89. The number of nitrogens with zero attached hydrogens (tertiary/aromatic N) is 2. The van der Waals surface area contributed by atoms with Gasteiger partial charge in [-0.2, -0.15) is 0 Å². The summed E-state index contributed by atoms with van der Waals surface area (Å²) in [5.41, 5.74) is 1.84. The van der Waals surface area contributed by atoms with Crippen molar-refractivity contribution in [3.8, 4) is 0 Å². The van der Waals surface area contributed by atoms with Gasteiger partial charge in [-0.1, -0.05) is 24.3 Å². The van der Waals surface area contributed by atoms with E-state index in [2.05, 4.69) is 9.71 Å². The van der Waals surface area contributed by atoms with Crippen molar-refractivity contribution in [2.45, 2.75) is 28.4 Å². The number of hydrogen-bond donors (Lipinski definition) is 1. The van der Waals surface area contributed by atoms with E-state index < -0.39 is 25.1 Å². The van der Waals surface area contributed by atoms with E-state index in [1.165, 1.54) is 43.6 Å². The highest BCUT2D eigenvalue weighted by atomic mass is 32.2. The number of fused-ring (bicyclic) bond motifs is 1. The van der Waals surface area contributed by atoms with Crippen molar-refractivity contribution >= 4 is 31.5 Å². The maximum absolute atomic E-state index is 13.3. The molecule has 0 saturated carbocycles. The molecule has 1 aliphatic heterocycles. The van der Waals surface area contributed by atoms with Gasteiger partial charge in [0.15, 0.2) is 9.84 Å². The third kappa shape index (κ3) is 4.68. The van der Waals surface area contributed by atoms with E-state index in [1.807, 2.05) is 0 Å². The number of sulfone groups is 1. The Morgan fingerprint density at radius 3 is 2.45 bits per heavy atom. The van der Waals surface area contributed by atoms with Crippen LogP contribution in [0.4, 0.5) is 5.69 Å². The Kier molecular flexibility index (Phi) is 6.33. The summed E-state index contributed by atoms with van der Waals surface area (Å²) < 4.78 is 55.2. The number of benzene rings is 2. The number of hydrogen-bond acceptors (Lipinski definition) is 6. The van der Waals surface area contributed by atoms with Crippen molar-refractivity contribution in [2.24, 2.45) is 0 Å². The highest BCUT2D eigenvalue weighted by Gasteiger charge is 2.31. The second-order valence-electron chi connectivity index (χ2n) is 7.70. The van der Waals surface area contributed by atoms with Crippen LogP contribution in [0.2, 0.25) is 0 Å². The minimum atomic E-state index is -4.00. The van der Waals surface area contributed by atoms with Gasteiger partial charge in [0.1, 0.15) is 5.25 Å². The lowest BCUT2D eigenvalue weighted by Gasteiger charge is -2.19. The third-order valence-electron chi connectivity index (χ3n) is 5.60. The Bertz CT molecular complexity index is 1380. The Morgan fingerprint density at radius 1 is 1.03 bits per heavy atom. The molecule has 4 rings (SSSR count). The van der Waals surface area contributed by atoms with E-state index in [0.29, 0.717) is 24.2 Å². The molecular weight excluding hydrogens is 462 g/mol. The van der Waals surface area contributed by atoms with Gasteiger partial charge in [0.2, 0.25) is 15.9 Å². The van der Waals surface area contributed by atoms with Crippen molar-refractivity contribution in [2.75, 3.05) is 18.0 Å². The Hall–Kier alpha value is -3.08. The average molecular weight is 486 g/mol. The standard InChI is InChI=1S/C23H23N3O5S2/c1-17(27)26-13-11-18-14-21(9-10-22(18)26)33(30,31)25-16-23(19-6-5-12-24-15-19)32(28,29)20-7-3-2-4-8-20/h2-10,12,14-15,23,25H,11,13,16H2,1H3/t23-/m1/s1. The summed E-state index contributed by atoms with van der Waals surface area (Å²) in [5.74, 6) is -0.104. The first kappa shape index (κ1) is 23.1. The average Bonchev–Trinajstić information content (AvgIpc) is 3.24. The minimum Gasteiger partial charge on any atom is -0.312 e. The summed E-state index contributed by atoms with van der Waals surface area (Å²) in [5, 5.41) is -1.16. The third-order valence-corrected chi connectivity index (χ3v) is 9.14. The molecule has 0 saturated heterocycles. The molecule has 33 heavy (non-hydrogen) atoms. The highest BCUT2D eigenvalue weighted by Crippen LogP contribution is 2.31. The molecule has 0 bridgehead atoms. The lowest BCUT2D eigenvalue weighted by Crippen LogP contribution is -2.32. The predicted molar refractivity (Wildman–Crippen MR) is 124 cm³/mol. The van der Waals surface area contributed by atoms with Crippen LogP contribution in [-0.4, -0.2) is 40.8 Å². The fraction of sp³-hybridized carbons (Fsp3) is 0.217. The van der Waals surface area contributed by atoms with Crippen LogP contribution in [0, 0.1) is 0 Å². The van der Waals surface area contributed by atoms with Gasteiger partial charge in [-0.25, -0.2) is 21.6 Å². The molecule has 8 nitrogen and oxygen atoms in total. The second kappa shape index (κ2) is 9.05. The number of nitrogens with one attached hydrogen (secondary N) is 1. The number of sulfonamides is 1. The molecule has 3 aromatic rings. The quantitative estimate of drug-likeness (QED) is 0.550. The summed E-state index contributed by atoms with van der Waals surface area (Å²) >= 11 is 0. The van der Waals surface area contributed by atoms with Crippen LogP contribution in [0.25, 0.3) is 0 Å². The van der Waals surface area contributed by atoms with Crippen LogP contribution in [0.3, 0.4) is 0 Å². The molecule has 0 aliphatic carbocycles. The van der Waals surface area contributed by atoms with Gasteiger partial charge in [-0.15, -0.1) is 0 Å². The molecule has 0 radical (unpaired) electrons. The van der Waals surface area contributed by atoms with Crippen LogP contribution in [-0.2, 0) is 31.1 Å². The Balaban J connectivity index is 1.63. The first-order chi connectivity index (χ1) is 15.7. The molecule has 2 heterocycles. The Morgan fingerprint density at radius 2 is 1.79 bits per heavy atom. The molecule has 0 fully saturated rings. The zero-order chi connectivity index (χ0) is 23.6. The molecule has 10 heteroatoms. The van der Waals surface area contributed by atoms with Crippen LogP contribution < -0.4 is 9.62 Å². The summed E-state index contributed by atoms with van der Waals surface area (Å²) in [7, 11) is -7.90. The summed E-state index contributed by atoms with van der Waals surface area (Å²) in [6, 6.07) is 15.7. The number of carbonyl (C=O) groups excluding carboxylic acids is 1. The first-order valence-electron chi connectivity index (χ1n) is 10.3. The summed E-state index contributed by atoms with van der Waals surface area (Å²) in [6.07, 6.45) is 3.50. The minimum absolute atomic E-state index is 0.0219. The van der Waals surface area contributed by atoms with Gasteiger partial charge >= 0.3 is 0 Å². The van der Waals surface area contributed by atoms with Gasteiger partial charge in [0.05, 0.1) is 9.79 Å². The van der Waals surface area contributed by atoms with Gasteiger partial charge < -0.3 is 4.90 Å². The van der Waals surface area contributed by atoms with Crippen molar-refractivity contribution in [1.29, 1.82) is 0 Å². The van der Waals surface area contributed by atoms with Crippen molar-refractivity contribution in [3.63, 3.8) is 0 Å². The van der Waals surface area contributed by atoms with E-state index in [1.54, 1.807) is 41.3 Å². The topological polar surface area (TPSA) is 114 Å². The molecule has 1 atom stereocenters. The molecule has 1 aromatic heterocycles. The molecule has 1 amide bonds.